The number of thiazole rings is 1. The molecule has 21 heavy (non-hydrogen) atoms. The van der Waals surface area contributed by atoms with Crippen LogP contribution in [0.3, 0.4) is 0 Å². The smallest absolute Gasteiger partial charge is 0.253 e. The molecule has 1 heterocycles. The lowest BCUT2D eigenvalue weighted by molar-refractivity contribution is 0.0767. The highest BCUT2D eigenvalue weighted by Gasteiger charge is 2.10. The number of hydrogen-bond donors (Lipinski definition) is 1. The van der Waals surface area contributed by atoms with Crippen molar-refractivity contribution in [2.24, 2.45) is 0 Å². The molecule has 2 rings (SSSR count). The summed E-state index contributed by atoms with van der Waals surface area (Å²) in [7, 11) is 1.66. The molecule has 1 N–H and O–H groups in total. The summed E-state index contributed by atoms with van der Waals surface area (Å²) in [6, 6.07) is 6.97. The van der Waals surface area contributed by atoms with E-state index in [2.05, 4.69) is 4.98 Å². The fraction of sp³-hybridized carbons (Fsp3) is 0.333. The van der Waals surface area contributed by atoms with Gasteiger partial charge in [-0.1, -0.05) is 0 Å². The average molecular weight is 306 g/mol. The predicted molar refractivity (Wildman–Crippen MR) is 81.7 cm³/mol. The summed E-state index contributed by atoms with van der Waals surface area (Å²) in [5, 5.41) is 11.8. The van der Waals surface area contributed by atoms with Crippen molar-refractivity contribution in [3.8, 4) is 5.75 Å². The van der Waals surface area contributed by atoms with Crippen molar-refractivity contribution in [2.45, 2.75) is 13.5 Å². The molecule has 0 unspecified atom stereocenters. The van der Waals surface area contributed by atoms with Crippen LogP contribution in [0.4, 0.5) is 0 Å². The van der Waals surface area contributed by atoms with Crippen LogP contribution in [-0.2, 0) is 6.61 Å². The van der Waals surface area contributed by atoms with E-state index >= 15 is 0 Å². The highest BCUT2D eigenvalue weighted by molar-refractivity contribution is 7.09. The van der Waals surface area contributed by atoms with Crippen LogP contribution in [0.15, 0.2) is 29.6 Å². The van der Waals surface area contributed by atoms with Gasteiger partial charge in [0.2, 0.25) is 0 Å². The molecule has 0 spiro atoms. The van der Waals surface area contributed by atoms with Gasteiger partial charge in [0.1, 0.15) is 12.4 Å². The number of ether oxygens (including phenoxy) is 1. The molecule has 2 aromatic rings. The SMILES string of the molecule is Cc1nc(COc2ccc(C(=O)N(C)CCO)cc2)cs1. The largest absolute Gasteiger partial charge is 0.487 e. The lowest BCUT2D eigenvalue weighted by Gasteiger charge is -2.15. The first-order valence-corrected chi connectivity index (χ1v) is 7.48. The fourth-order valence-electron chi connectivity index (χ4n) is 1.80. The van der Waals surface area contributed by atoms with Gasteiger partial charge in [-0.25, -0.2) is 4.98 Å². The van der Waals surface area contributed by atoms with E-state index in [-0.39, 0.29) is 12.5 Å². The Morgan fingerprint density at radius 3 is 2.67 bits per heavy atom. The second-order valence-corrected chi connectivity index (χ2v) is 5.68. The summed E-state index contributed by atoms with van der Waals surface area (Å²) in [4.78, 5) is 17.8. The predicted octanol–water partition coefficient (Wildman–Crippen LogP) is 2.09. The first kappa shape index (κ1) is 15.5. The molecule has 1 aromatic heterocycles. The first-order chi connectivity index (χ1) is 10.1. The van der Waals surface area contributed by atoms with Gasteiger partial charge in [0.05, 0.1) is 17.3 Å². The zero-order chi connectivity index (χ0) is 15.2. The third kappa shape index (κ3) is 4.27. The normalized spacial score (nSPS) is 10.4. The maximum Gasteiger partial charge on any atom is 0.253 e. The van der Waals surface area contributed by atoms with E-state index in [1.54, 1.807) is 42.6 Å². The number of benzene rings is 1. The molecule has 0 radical (unpaired) electrons. The summed E-state index contributed by atoms with van der Waals surface area (Å²) in [6.07, 6.45) is 0. The van der Waals surface area contributed by atoms with E-state index in [1.165, 1.54) is 4.90 Å². The van der Waals surface area contributed by atoms with Crippen LogP contribution in [0.5, 0.6) is 5.75 Å². The molecule has 112 valence electrons. The molecule has 1 amide bonds. The van der Waals surface area contributed by atoms with Crippen molar-refractivity contribution < 1.29 is 14.6 Å². The minimum atomic E-state index is -0.120. The molecule has 5 nitrogen and oxygen atoms in total. The van der Waals surface area contributed by atoms with Crippen LogP contribution >= 0.6 is 11.3 Å². The van der Waals surface area contributed by atoms with Crippen LogP contribution in [0, 0.1) is 6.92 Å². The van der Waals surface area contributed by atoms with Crippen LogP contribution in [0.1, 0.15) is 21.1 Å². The number of aromatic nitrogens is 1. The zero-order valence-corrected chi connectivity index (χ0v) is 12.9. The Bertz CT molecular complexity index is 595. The van der Waals surface area contributed by atoms with E-state index in [9.17, 15) is 4.79 Å². The first-order valence-electron chi connectivity index (χ1n) is 6.60. The second-order valence-electron chi connectivity index (χ2n) is 4.62. The summed E-state index contributed by atoms with van der Waals surface area (Å²) < 4.78 is 5.63. The molecular formula is C15H18N2O3S. The minimum absolute atomic E-state index is 0.0451. The molecule has 0 aliphatic rings. The lowest BCUT2D eigenvalue weighted by atomic mass is 10.2. The maximum atomic E-state index is 12.0. The van der Waals surface area contributed by atoms with Crippen molar-refractivity contribution in [2.75, 3.05) is 20.2 Å². The van der Waals surface area contributed by atoms with E-state index in [1.807, 2.05) is 12.3 Å². The second kappa shape index (κ2) is 7.19. The van der Waals surface area contributed by atoms with Gasteiger partial charge in [0.15, 0.2) is 0 Å². The maximum absolute atomic E-state index is 12.0. The summed E-state index contributed by atoms with van der Waals surface area (Å²) in [5.74, 6) is 0.577. The third-order valence-electron chi connectivity index (χ3n) is 2.94. The number of aryl methyl sites for hydroxylation is 1. The number of nitrogens with zero attached hydrogens (tertiary/aromatic N) is 2. The Labute approximate surface area is 127 Å². The number of aliphatic hydroxyl groups excluding tert-OH is 1. The van der Waals surface area contributed by atoms with Crippen molar-refractivity contribution >= 4 is 17.2 Å². The van der Waals surface area contributed by atoms with E-state index in [0.29, 0.717) is 24.5 Å². The highest BCUT2D eigenvalue weighted by Crippen LogP contribution is 2.16. The Kier molecular flexibility index (Phi) is 5.30. The molecular weight excluding hydrogens is 288 g/mol. The van der Waals surface area contributed by atoms with Crippen molar-refractivity contribution in [1.82, 2.24) is 9.88 Å². The minimum Gasteiger partial charge on any atom is -0.487 e. The van der Waals surface area contributed by atoms with Gasteiger partial charge in [-0.05, 0) is 31.2 Å². The monoisotopic (exact) mass is 306 g/mol. The Balaban J connectivity index is 1.94. The van der Waals surface area contributed by atoms with Crippen molar-refractivity contribution in [3.63, 3.8) is 0 Å². The molecule has 0 aliphatic carbocycles. The van der Waals surface area contributed by atoms with Gasteiger partial charge in [0, 0.05) is 24.5 Å². The van der Waals surface area contributed by atoms with Crippen molar-refractivity contribution in [1.29, 1.82) is 0 Å². The molecule has 0 fully saturated rings. The van der Waals surface area contributed by atoms with Gasteiger partial charge in [-0.15, -0.1) is 11.3 Å². The number of likely N-dealkylation sites (N-methyl/N-ethyl adjacent to an activating group) is 1. The van der Waals surface area contributed by atoms with Crippen LogP contribution in [0.25, 0.3) is 0 Å². The topological polar surface area (TPSA) is 62.7 Å². The Morgan fingerprint density at radius 2 is 2.10 bits per heavy atom. The molecule has 0 saturated heterocycles. The van der Waals surface area contributed by atoms with Gasteiger partial charge in [-0.2, -0.15) is 0 Å². The standard InChI is InChI=1S/C15H18N2O3S/c1-11-16-13(10-21-11)9-20-14-5-3-12(4-6-14)15(19)17(2)7-8-18/h3-6,10,18H,7-9H2,1-2H3. The molecule has 0 bridgehead atoms. The summed E-state index contributed by atoms with van der Waals surface area (Å²) in [5.41, 5.74) is 1.48. The van der Waals surface area contributed by atoms with E-state index < -0.39 is 0 Å². The number of amides is 1. The van der Waals surface area contributed by atoms with Crippen LogP contribution < -0.4 is 4.74 Å². The van der Waals surface area contributed by atoms with Crippen LogP contribution in [0.2, 0.25) is 0 Å². The molecule has 6 heteroatoms. The van der Waals surface area contributed by atoms with E-state index in [0.717, 1.165) is 10.7 Å². The summed E-state index contributed by atoms with van der Waals surface area (Å²) >= 11 is 1.59. The van der Waals surface area contributed by atoms with E-state index in [4.69, 9.17) is 9.84 Å². The third-order valence-corrected chi connectivity index (χ3v) is 3.76. The number of carbonyl (C=O) groups is 1. The molecule has 0 aliphatic heterocycles. The van der Waals surface area contributed by atoms with Gasteiger partial charge >= 0.3 is 0 Å². The van der Waals surface area contributed by atoms with Gasteiger partial charge < -0.3 is 14.7 Å². The average Bonchev–Trinajstić information content (AvgIpc) is 2.91. The zero-order valence-electron chi connectivity index (χ0n) is 12.1. The van der Waals surface area contributed by atoms with Crippen molar-refractivity contribution in [3.05, 3.63) is 45.9 Å². The lowest BCUT2D eigenvalue weighted by Crippen LogP contribution is -2.29. The number of carbonyl (C=O) groups excluding carboxylic acids is 1. The van der Waals surface area contributed by atoms with Crippen LogP contribution in [-0.4, -0.2) is 41.1 Å². The number of hydrogen-bond acceptors (Lipinski definition) is 5. The molecule has 0 saturated carbocycles. The number of aliphatic hydroxyl groups is 1. The fourth-order valence-corrected chi connectivity index (χ4v) is 2.39. The highest BCUT2D eigenvalue weighted by atomic mass is 32.1. The quantitative estimate of drug-likeness (QED) is 0.887. The molecule has 1 aromatic carbocycles. The molecule has 0 atom stereocenters. The van der Waals surface area contributed by atoms with Gasteiger partial charge in [0.25, 0.3) is 5.91 Å². The Hall–Kier alpha value is -1.92. The van der Waals surface area contributed by atoms with Gasteiger partial charge in [-0.3, -0.25) is 4.79 Å². The number of rotatable bonds is 6. The summed E-state index contributed by atoms with van der Waals surface area (Å²) in [6.45, 7) is 2.65. The Morgan fingerprint density at radius 1 is 1.38 bits per heavy atom.